The van der Waals surface area contributed by atoms with Crippen LogP contribution in [0.15, 0.2) is 58.4 Å². The summed E-state index contributed by atoms with van der Waals surface area (Å²) in [4.78, 5) is 6.84. The van der Waals surface area contributed by atoms with E-state index >= 15 is 0 Å². The van der Waals surface area contributed by atoms with E-state index < -0.39 is 9.84 Å². The number of benzene rings is 2. The minimum atomic E-state index is -3.16. The Labute approximate surface area is 178 Å². The molecule has 162 valence electrons. The number of aliphatic imine (C=N–C) groups is 1. The predicted molar refractivity (Wildman–Crippen MR) is 119 cm³/mol. The van der Waals surface area contributed by atoms with E-state index in [2.05, 4.69) is 20.5 Å². The van der Waals surface area contributed by atoms with Crippen molar-refractivity contribution in [3.05, 3.63) is 59.9 Å². The molecule has 0 amide bonds. The van der Waals surface area contributed by atoms with Gasteiger partial charge < -0.3 is 15.5 Å². The Morgan fingerprint density at radius 3 is 2.47 bits per heavy atom. The SMILES string of the molecule is CN=C(NCCc1ccc(S(C)(=O)=O)cc1)NC1CCN(c2cccc(F)c2)CC1. The molecule has 0 radical (unpaired) electrons. The van der Waals surface area contributed by atoms with Crippen molar-refractivity contribution >= 4 is 21.5 Å². The monoisotopic (exact) mass is 432 g/mol. The van der Waals surface area contributed by atoms with E-state index in [0.29, 0.717) is 17.5 Å². The molecule has 8 heteroatoms. The maximum atomic E-state index is 13.4. The van der Waals surface area contributed by atoms with Gasteiger partial charge in [0, 0.05) is 44.7 Å². The highest BCUT2D eigenvalue weighted by atomic mass is 32.2. The quantitative estimate of drug-likeness (QED) is 0.542. The van der Waals surface area contributed by atoms with Crippen molar-refractivity contribution in [1.82, 2.24) is 10.6 Å². The van der Waals surface area contributed by atoms with Gasteiger partial charge in [-0.1, -0.05) is 18.2 Å². The number of rotatable bonds is 6. The van der Waals surface area contributed by atoms with Crippen LogP contribution in [-0.2, 0) is 16.3 Å². The van der Waals surface area contributed by atoms with Crippen molar-refractivity contribution in [3.8, 4) is 0 Å². The first-order valence-electron chi connectivity index (χ1n) is 10.1. The molecule has 0 unspecified atom stereocenters. The van der Waals surface area contributed by atoms with Crippen molar-refractivity contribution in [3.63, 3.8) is 0 Å². The average molecular weight is 433 g/mol. The lowest BCUT2D eigenvalue weighted by Gasteiger charge is -2.34. The number of nitrogens with one attached hydrogen (secondary N) is 2. The lowest BCUT2D eigenvalue weighted by atomic mass is 10.0. The molecule has 2 aromatic carbocycles. The van der Waals surface area contributed by atoms with Crippen LogP contribution in [0.25, 0.3) is 0 Å². The van der Waals surface area contributed by atoms with E-state index in [-0.39, 0.29) is 5.82 Å². The van der Waals surface area contributed by atoms with Crippen molar-refractivity contribution in [2.45, 2.75) is 30.2 Å². The first-order chi connectivity index (χ1) is 14.3. The fourth-order valence-electron chi connectivity index (χ4n) is 3.57. The van der Waals surface area contributed by atoms with Gasteiger partial charge in [0.15, 0.2) is 15.8 Å². The molecular formula is C22H29FN4O2S. The number of nitrogens with zero attached hydrogens (tertiary/aromatic N) is 2. The standard InChI is InChI=1S/C22H29FN4O2S/c1-24-22(25-13-10-17-6-8-21(9-7-17)30(2,28)29)26-19-11-14-27(15-12-19)20-5-3-4-18(23)16-20/h3-9,16,19H,10-15H2,1-2H3,(H2,24,25,26). The Hall–Kier alpha value is -2.61. The van der Waals surface area contributed by atoms with Crippen LogP contribution in [0.5, 0.6) is 0 Å². The highest BCUT2D eigenvalue weighted by molar-refractivity contribution is 7.90. The van der Waals surface area contributed by atoms with Crippen LogP contribution >= 0.6 is 0 Å². The van der Waals surface area contributed by atoms with Crippen LogP contribution in [0.4, 0.5) is 10.1 Å². The third-order valence-electron chi connectivity index (χ3n) is 5.29. The smallest absolute Gasteiger partial charge is 0.191 e. The minimum absolute atomic E-state index is 0.205. The number of halogens is 1. The second-order valence-electron chi connectivity index (χ2n) is 7.55. The van der Waals surface area contributed by atoms with Crippen LogP contribution < -0.4 is 15.5 Å². The third kappa shape index (κ3) is 6.19. The van der Waals surface area contributed by atoms with Gasteiger partial charge in [0.1, 0.15) is 5.82 Å². The first-order valence-corrected chi connectivity index (χ1v) is 12.0. The minimum Gasteiger partial charge on any atom is -0.371 e. The zero-order valence-electron chi connectivity index (χ0n) is 17.4. The Balaban J connectivity index is 1.43. The number of piperidine rings is 1. The van der Waals surface area contributed by atoms with E-state index in [1.54, 1.807) is 31.3 Å². The molecule has 1 heterocycles. The molecule has 0 atom stereocenters. The molecule has 0 bridgehead atoms. The zero-order chi connectivity index (χ0) is 21.6. The first kappa shape index (κ1) is 22.1. The van der Waals surface area contributed by atoms with E-state index in [1.165, 1.54) is 12.3 Å². The Morgan fingerprint density at radius 2 is 1.87 bits per heavy atom. The molecule has 0 aliphatic carbocycles. The summed E-state index contributed by atoms with van der Waals surface area (Å²) in [5.74, 6) is 0.551. The molecule has 2 aromatic rings. The topological polar surface area (TPSA) is 73.8 Å². The zero-order valence-corrected chi connectivity index (χ0v) is 18.3. The van der Waals surface area contributed by atoms with Gasteiger partial charge in [-0.15, -0.1) is 0 Å². The molecule has 1 fully saturated rings. The summed E-state index contributed by atoms with van der Waals surface area (Å²) in [5, 5.41) is 6.78. The van der Waals surface area contributed by atoms with Crippen molar-refractivity contribution in [1.29, 1.82) is 0 Å². The van der Waals surface area contributed by atoms with Gasteiger partial charge in [0.05, 0.1) is 4.90 Å². The van der Waals surface area contributed by atoms with Crippen molar-refractivity contribution in [2.75, 3.05) is 37.8 Å². The van der Waals surface area contributed by atoms with Crippen molar-refractivity contribution < 1.29 is 12.8 Å². The van der Waals surface area contributed by atoms with Crippen LogP contribution in [0.1, 0.15) is 18.4 Å². The summed E-state index contributed by atoms with van der Waals surface area (Å²) < 4.78 is 36.5. The molecule has 0 saturated carbocycles. The van der Waals surface area contributed by atoms with Gasteiger partial charge >= 0.3 is 0 Å². The fraction of sp³-hybridized carbons (Fsp3) is 0.409. The molecule has 0 spiro atoms. The molecule has 3 rings (SSSR count). The second kappa shape index (κ2) is 9.93. The lowest BCUT2D eigenvalue weighted by molar-refractivity contribution is 0.461. The van der Waals surface area contributed by atoms with Gasteiger partial charge in [0.25, 0.3) is 0 Å². The van der Waals surface area contributed by atoms with E-state index in [9.17, 15) is 12.8 Å². The lowest BCUT2D eigenvalue weighted by Crippen LogP contribution is -2.49. The number of sulfone groups is 1. The highest BCUT2D eigenvalue weighted by Crippen LogP contribution is 2.20. The molecule has 0 aromatic heterocycles. The molecule has 6 nitrogen and oxygen atoms in total. The average Bonchev–Trinajstić information content (AvgIpc) is 2.73. The number of anilines is 1. The summed E-state index contributed by atoms with van der Waals surface area (Å²) in [6.07, 6.45) is 3.87. The third-order valence-corrected chi connectivity index (χ3v) is 6.42. The summed E-state index contributed by atoms with van der Waals surface area (Å²) >= 11 is 0. The highest BCUT2D eigenvalue weighted by Gasteiger charge is 2.20. The molecule has 1 saturated heterocycles. The van der Waals surface area contributed by atoms with E-state index in [1.807, 2.05) is 18.2 Å². The summed E-state index contributed by atoms with van der Waals surface area (Å²) in [7, 11) is -1.42. The van der Waals surface area contributed by atoms with Crippen LogP contribution in [0.3, 0.4) is 0 Å². The van der Waals surface area contributed by atoms with Crippen LogP contribution in [-0.4, -0.2) is 53.4 Å². The van der Waals surface area contributed by atoms with E-state index in [4.69, 9.17) is 0 Å². The summed E-state index contributed by atoms with van der Waals surface area (Å²) in [6, 6.07) is 14.0. The van der Waals surface area contributed by atoms with Gasteiger partial charge in [0.2, 0.25) is 0 Å². The van der Waals surface area contributed by atoms with Crippen LogP contribution in [0.2, 0.25) is 0 Å². The summed E-state index contributed by atoms with van der Waals surface area (Å²) in [5.41, 5.74) is 1.99. The Morgan fingerprint density at radius 1 is 1.17 bits per heavy atom. The fourth-order valence-corrected chi connectivity index (χ4v) is 4.20. The van der Waals surface area contributed by atoms with Crippen molar-refractivity contribution in [2.24, 2.45) is 4.99 Å². The molecule has 30 heavy (non-hydrogen) atoms. The second-order valence-corrected chi connectivity index (χ2v) is 9.57. The molecule has 2 N–H and O–H groups in total. The van der Waals surface area contributed by atoms with Gasteiger partial charge in [-0.05, 0) is 55.2 Å². The van der Waals surface area contributed by atoms with Gasteiger partial charge in [-0.3, -0.25) is 4.99 Å². The molecular weight excluding hydrogens is 403 g/mol. The molecule has 1 aliphatic heterocycles. The maximum absolute atomic E-state index is 13.4. The Bertz CT molecular complexity index is 969. The van der Waals surface area contributed by atoms with Gasteiger partial charge in [-0.2, -0.15) is 0 Å². The normalized spacial score (nSPS) is 15.8. The van der Waals surface area contributed by atoms with Crippen LogP contribution in [0, 0.1) is 5.82 Å². The number of hydrogen-bond acceptors (Lipinski definition) is 4. The number of hydrogen-bond donors (Lipinski definition) is 2. The summed E-state index contributed by atoms with van der Waals surface area (Å²) in [6.45, 7) is 2.43. The molecule has 1 aliphatic rings. The van der Waals surface area contributed by atoms with E-state index in [0.717, 1.165) is 49.6 Å². The number of guanidine groups is 1. The maximum Gasteiger partial charge on any atom is 0.191 e. The largest absolute Gasteiger partial charge is 0.371 e. The van der Waals surface area contributed by atoms with Gasteiger partial charge in [-0.25, -0.2) is 12.8 Å². The Kier molecular flexibility index (Phi) is 7.31. The predicted octanol–water partition coefficient (Wildman–Crippen LogP) is 2.61.